The monoisotopic (exact) mass is 801 g/mol. The quantitative estimate of drug-likeness (QED) is 0.0914. The molecule has 5 rings (SSSR count). The highest BCUT2D eigenvalue weighted by atomic mass is 16.7. The van der Waals surface area contributed by atoms with Gasteiger partial charge in [0.2, 0.25) is 5.91 Å². The smallest absolute Gasteiger partial charge is 0.417 e. The fraction of sp³-hybridized carbons (Fsp3) is 0.432. The lowest BCUT2D eigenvalue weighted by molar-refractivity contribution is -0.319. The molecular formula is C44H51NO13. The van der Waals surface area contributed by atoms with Crippen LogP contribution in [0.2, 0.25) is 0 Å². The molecule has 9 atom stereocenters. The fourth-order valence-electron chi connectivity index (χ4n) is 6.91. The van der Waals surface area contributed by atoms with Crippen LogP contribution in [-0.4, -0.2) is 103 Å². The average molecular weight is 802 g/mol. The number of hydrogen-bond acceptors (Lipinski definition) is 13. The number of aliphatic hydroxyl groups excluding tert-OH is 1. The molecule has 14 heteroatoms. The van der Waals surface area contributed by atoms with Gasteiger partial charge in [-0.05, 0) is 49.1 Å². The molecule has 2 saturated heterocycles. The number of allylic oxidation sites excluding steroid dienone is 1. The summed E-state index contributed by atoms with van der Waals surface area (Å²) in [5.74, 6) is -4.09. The van der Waals surface area contributed by atoms with E-state index in [1.807, 2.05) is 66.7 Å². The maximum absolute atomic E-state index is 13.6. The Kier molecular flexibility index (Phi) is 16.4. The van der Waals surface area contributed by atoms with Crippen molar-refractivity contribution < 1.29 is 62.2 Å². The number of carbonyl (C=O) groups excluding carboxylic acids is 5. The number of methoxy groups -OCH3 is 1. The van der Waals surface area contributed by atoms with Crippen LogP contribution in [0.15, 0.2) is 103 Å². The van der Waals surface area contributed by atoms with E-state index in [-0.39, 0.29) is 39.3 Å². The second-order valence-corrected chi connectivity index (χ2v) is 14.1. The normalized spacial score (nSPS) is 24.3. The van der Waals surface area contributed by atoms with E-state index < -0.39 is 84.4 Å². The fourth-order valence-corrected chi connectivity index (χ4v) is 6.91. The third kappa shape index (κ3) is 11.5. The lowest BCUT2D eigenvalue weighted by Gasteiger charge is -2.45. The molecule has 2 aliphatic rings. The third-order valence-corrected chi connectivity index (χ3v) is 9.94. The Morgan fingerprint density at radius 2 is 1.41 bits per heavy atom. The van der Waals surface area contributed by atoms with E-state index in [4.69, 9.17) is 33.2 Å². The predicted molar refractivity (Wildman–Crippen MR) is 208 cm³/mol. The van der Waals surface area contributed by atoms with Gasteiger partial charge in [0.15, 0.2) is 24.0 Å². The highest BCUT2D eigenvalue weighted by molar-refractivity contribution is 6.04. The summed E-state index contributed by atoms with van der Waals surface area (Å²) in [7, 11) is 1.45. The number of esters is 1. The van der Waals surface area contributed by atoms with Crippen LogP contribution in [0.5, 0.6) is 0 Å². The van der Waals surface area contributed by atoms with Crippen molar-refractivity contribution in [2.24, 2.45) is 5.92 Å². The molecule has 0 bridgehead atoms. The number of imide groups is 1. The molecule has 0 radical (unpaired) electrons. The Balaban J connectivity index is 1.20. The Morgan fingerprint density at radius 1 is 0.828 bits per heavy atom. The van der Waals surface area contributed by atoms with E-state index in [9.17, 15) is 29.1 Å². The highest BCUT2D eigenvalue weighted by Crippen LogP contribution is 2.34. The summed E-state index contributed by atoms with van der Waals surface area (Å²) in [4.78, 5) is 65.6. The lowest BCUT2D eigenvalue weighted by Crippen LogP contribution is -2.61. The van der Waals surface area contributed by atoms with Gasteiger partial charge in [0.25, 0.3) is 0 Å². The molecule has 3 aromatic rings. The molecule has 14 nitrogen and oxygen atoms in total. The first-order valence-corrected chi connectivity index (χ1v) is 19.2. The van der Waals surface area contributed by atoms with Gasteiger partial charge in [-0.1, -0.05) is 91.0 Å². The van der Waals surface area contributed by atoms with E-state index in [0.29, 0.717) is 5.56 Å². The Hall–Kier alpha value is -5.09. The molecule has 0 aromatic heterocycles. The van der Waals surface area contributed by atoms with Gasteiger partial charge in [-0.2, -0.15) is 0 Å². The Labute approximate surface area is 337 Å². The summed E-state index contributed by atoms with van der Waals surface area (Å²) < 4.78 is 41.4. The highest BCUT2D eigenvalue weighted by Gasteiger charge is 2.49. The molecule has 58 heavy (non-hydrogen) atoms. The topological polar surface area (TPSA) is 173 Å². The zero-order valence-electron chi connectivity index (χ0n) is 33.0. The molecular weight excluding hydrogens is 750 g/mol. The average Bonchev–Trinajstić information content (AvgIpc) is 3.54. The van der Waals surface area contributed by atoms with Gasteiger partial charge in [0.05, 0.1) is 31.8 Å². The first-order chi connectivity index (χ1) is 28.0. The number of cyclic esters (lactones) is 1. The second-order valence-electron chi connectivity index (χ2n) is 14.1. The van der Waals surface area contributed by atoms with Gasteiger partial charge >= 0.3 is 12.1 Å². The van der Waals surface area contributed by atoms with Crippen LogP contribution in [0.3, 0.4) is 0 Å². The summed E-state index contributed by atoms with van der Waals surface area (Å²) in [6.45, 7) is 4.26. The van der Waals surface area contributed by atoms with Crippen molar-refractivity contribution in [2.75, 3.05) is 20.3 Å². The van der Waals surface area contributed by atoms with Gasteiger partial charge < -0.3 is 38.3 Å². The van der Waals surface area contributed by atoms with Gasteiger partial charge in [-0.3, -0.25) is 19.2 Å². The molecule has 310 valence electrons. The molecule has 0 spiro atoms. The van der Waals surface area contributed by atoms with Gasteiger partial charge in [-0.25, -0.2) is 9.69 Å². The molecule has 2 aliphatic heterocycles. The minimum atomic E-state index is -1.60. The van der Waals surface area contributed by atoms with Crippen molar-refractivity contribution in [3.63, 3.8) is 0 Å². The first kappa shape index (κ1) is 44.0. The molecule has 2 fully saturated rings. The number of ketones is 2. The number of nitrogens with zero attached hydrogens (tertiary/aromatic N) is 1. The van der Waals surface area contributed by atoms with Crippen molar-refractivity contribution >= 4 is 29.5 Å². The summed E-state index contributed by atoms with van der Waals surface area (Å²) in [6, 6.07) is 27.3. The van der Waals surface area contributed by atoms with Crippen LogP contribution < -0.4 is 0 Å². The zero-order chi connectivity index (χ0) is 41.6. The lowest BCUT2D eigenvalue weighted by atomic mass is 9.96. The minimum absolute atomic E-state index is 0.0253. The van der Waals surface area contributed by atoms with Crippen molar-refractivity contribution in [1.29, 1.82) is 0 Å². The Morgan fingerprint density at radius 3 is 1.98 bits per heavy atom. The van der Waals surface area contributed by atoms with Crippen molar-refractivity contribution in [3.05, 3.63) is 120 Å². The molecule has 2 amide bonds. The van der Waals surface area contributed by atoms with Crippen molar-refractivity contribution in [1.82, 2.24) is 4.90 Å². The standard InChI is InChI=1S/C44H51NO13/c1-28(42(50)45-29(2)38(58-44(45)51)33-19-12-7-13-20-33)37(56-30(3)47)35(49)23-22-34(48)21-14-24-53-41-40(55-27-32-17-10-6-11-18-32)39(36(25-46)57-43(41)52-4)54-26-31-15-8-5-9-16-31/h5-13,15-20,22-23,28-29,36-41,43,46H,14,21,24-27H2,1-4H3. The van der Waals surface area contributed by atoms with E-state index in [0.717, 1.165) is 35.1 Å². The number of rotatable bonds is 20. The molecule has 0 saturated carbocycles. The number of aliphatic hydroxyl groups is 1. The van der Waals surface area contributed by atoms with E-state index >= 15 is 0 Å². The largest absolute Gasteiger partial charge is 0.453 e. The van der Waals surface area contributed by atoms with Gasteiger partial charge in [0, 0.05) is 27.1 Å². The summed E-state index contributed by atoms with van der Waals surface area (Å²) >= 11 is 0. The van der Waals surface area contributed by atoms with E-state index in [1.165, 1.54) is 14.0 Å². The molecule has 2 heterocycles. The number of benzene rings is 3. The van der Waals surface area contributed by atoms with Gasteiger partial charge in [0.1, 0.15) is 30.5 Å². The maximum Gasteiger partial charge on any atom is 0.417 e. The molecule has 9 unspecified atom stereocenters. The summed E-state index contributed by atoms with van der Waals surface area (Å²) in [6.07, 6.45) is -5.00. The van der Waals surface area contributed by atoms with E-state index in [1.54, 1.807) is 31.2 Å². The van der Waals surface area contributed by atoms with Crippen LogP contribution in [0.25, 0.3) is 0 Å². The first-order valence-electron chi connectivity index (χ1n) is 19.2. The molecule has 1 N–H and O–H groups in total. The second kappa shape index (κ2) is 21.6. The molecule has 0 aliphatic carbocycles. The number of ether oxygens (including phenoxy) is 7. The summed E-state index contributed by atoms with van der Waals surface area (Å²) in [5, 5.41) is 10.3. The van der Waals surface area contributed by atoms with Crippen LogP contribution in [0.1, 0.15) is 56.4 Å². The summed E-state index contributed by atoms with van der Waals surface area (Å²) in [5.41, 5.74) is 2.52. The number of hydrogen-bond donors (Lipinski definition) is 1. The Bertz CT molecular complexity index is 1840. The van der Waals surface area contributed by atoms with Crippen LogP contribution in [0.4, 0.5) is 4.79 Å². The SMILES string of the molecule is COC1OC(CO)C(OCc2ccccc2)C(OCc2ccccc2)C1OCCCC(=O)C=CC(=O)C(OC(C)=O)C(C)C(=O)N1C(=O)OC(c2ccccc2)C1C. The van der Waals surface area contributed by atoms with Crippen molar-refractivity contribution in [2.45, 2.75) is 95.8 Å². The van der Waals surface area contributed by atoms with Crippen LogP contribution >= 0.6 is 0 Å². The molecule has 3 aromatic carbocycles. The maximum atomic E-state index is 13.6. The van der Waals surface area contributed by atoms with Gasteiger partial charge in [-0.15, -0.1) is 0 Å². The third-order valence-electron chi connectivity index (χ3n) is 9.94. The van der Waals surface area contributed by atoms with Crippen molar-refractivity contribution in [3.8, 4) is 0 Å². The zero-order valence-corrected chi connectivity index (χ0v) is 33.0. The predicted octanol–water partition coefficient (Wildman–Crippen LogP) is 5.06. The number of amides is 2. The number of carbonyl (C=O) groups is 5. The van der Waals surface area contributed by atoms with E-state index in [2.05, 4.69) is 0 Å². The van der Waals surface area contributed by atoms with Crippen LogP contribution in [0, 0.1) is 5.92 Å². The van der Waals surface area contributed by atoms with Crippen LogP contribution in [-0.2, 0) is 65.5 Å². The minimum Gasteiger partial charge on any atom is -0.453 e.